The quantitative estimate of drug-likeness (QED) is 0.571. The summed E-state index contributed by atoms with van der Waals surface area (Å²) < 4.78 is 0. The van der Waals surface area contributed by atoms with Gasteiger partial charge >= 0.3 is 0 Å². The van der Waals surface area contributed by atoms with E-state index in [1.165, 1.54) is 16.1 Å². The monoisotopic (exact) mass is 388 g/mol. The molecule has 1 fully saturated rings. The number of thioether (sulfide) groups is 1. The van der Waals surface area contributed by atoms with Crippen molar-refractivity contribution in [3.8, 4) is 0 Å². The molecule has 0 atom stereocenters. The summed E-state index contributed by atoms with van der Waals surface area (Å²) in [5.74, 6) is 1.21. The summed E-state index contributed by atoms with van der Waals surface area (Å²) in [6.07, 6.45) is 1.84. The van der Waals surface area contributed by atoms with E-state index in [2.05, 4.69) is 41.4 Å². The molecule has 1 saturated heterocycles. The SMILES string of the molecule is Cc1ccc(N2CCC(C(=O)NCCSc3ccc(Cl)cc3)CC2)cc1. The highest BCUT2D eigenvalue weighted by molar-refractivity contribution is 7.99. The van der Waals surface area contributed by atoms with Gasteiger partial charge in [0, 0.05) is 46.9 Å². The number of hydrogen-bond acceptors (Lipinski definition) is 3. The first kappa shape index (κ1) is 19.1. The van der Waals surface area contributed by atoms with Crippen molar-refractivity contribution in [3.05, 3.63) is 59.1 Å². The summed E-state index contributed by atoms with van der Waals surface area (Å²) in [5, 5.41) is 3.84. The van der Waals surface area contributed by atoms with Gasteiger partial charge in [0.25, 0.3) is 0 Å². The maximum Gasteiger partial charge on any atom is 0.223 e. The van der Waals surface area contributed by atoms with E-state index in [4.69, 9.17) is 11.6 Å². The molecule has 3 nitrogen and oxygen atoms in total. The van der Waals surface area contributed by atoms with Gasteiger partial charge in [-0.1, -0.05) is 29.3 Å². The summed E-state index contributed by atoms with van der Waals surface area (Å²) in [6.45, 7) is 4.69. The summed E-state index contributed by atoms with van der Waals surface area (Å²) in [7, 11) is 0. The van der Waals surface area contributed by atoms with Crippen molar-refractivity contribution in [3.63, 3.8) is 0 Å². The highest BCUT2D eigenvalue weighted by Crippen LogP contribution is 2.24. The van der Waals surface area contributed by atoms with Gasteiger partial charge in [-0.05, 0) is 56.2 Å². The van der Waals surface area contributed by atoms with E-state index in [0.29, 0.717) is 6.54 Å². The van der Waals surface area contributed by atoms with Crippen molar-refractivity contribution in [2.75, 3.05) is 30.3 Å². The molecule has 1 aliphatic rings. The lowest BCUT2D eigenvalue weighted by molar-refractivity contribution is -0.125. The van der Waals surface area contributed by atoms with Crippen LogP contribution in [0.1, 0.15) is 18.4 Å². The Bertz CT molecular complexity index is 710. The molecular formula is C21H25ClN2OS. The van der Waals surface area contributed by atoms with E-state index in [9.17, 15) is 4.79 Å². The Labute approximate surface area is 165 Å². The highest BCUT2D eigenvalue weighted by atomic mass is 35.5. The molecule has 5 heteroatoms. The number of aryl methyl sites for hydroxylation is 1. The second-order valence-corrected chi connectivity index (χ2v) is 8.30. The normalized spacial score (nSPS) is 15.1. The van der Waals surface area contributed by atoms with Crippen molar-refractivity contribution in [2.45, 2.75) is 24.7 Å². The molecule has 0 radical (unpaired) electrons. The summed E-state index contributed by atoms with van der Waals surface area (Å²) in [5.41, 5.74) is 2.54. The minimum Gasteiger partial charge on any atom is -0.371 e. The average Bonchev–Trinajstić information content (AvgIpc) is 2.67. The predicted octanol–water partition coefficient (Wildman–Crippen LogP) is 4.77. The van der Waals surface area contributed by atoms with Crippen LogP contribution in [0.5, 0.6) is 0 Å². The van der Waals surface area contributed by atoms with Gasteiger partial charge in [0.15, 0.2) is 0 Å². The van der Waals surface area contributed by atoms with E-state index >= 15 is 0 Å². The Balaban J connectivity index is 1.37. The van der Waals surface area contributed by atoms with Crippen molar-refractivity contribution in [1.29, 1.82) is 0 Å². The smallest absolute Gasteiger partial charge is 0.223 e. The van der Waals surface area contributed by atoms with Crippen LogP contribution in [0.3, 0.4) is 0 Å². The first-order valence-corrected chi connectivity index (χ1v) is 10.5. The number of carbonyl (C=O) groups is 1. The van der Waals surface area contributed by atoms with Gasteiger partial charge in [-0.25, -0.2) is 0 Å². The zero-order valence-electron chi connectivity index (χ0n) is 15.1. The van der Waals surface area contributed by atoms with Gasteiger partial charge in [0.2, 0.25) is 5.91 Å². The number of rotatable bonds is 6. The van der Waals surface area contributed by atoms with Crippen LogP contribution in [0.25, 0.3) is 0 Å². The number of anilines is 1. The van der Waals surface area contributed by atoms with E-state index in [-0.39, 0.29) is 11.8 Å². The lowest BCUT2D eigenvalue weighted by atomic mass is 9.95. The number of hydrogen-bond donors (Lipinski definition) is 1. The first-order valence-electron chi connectivity index (χ1n) is 9.09. The highest BCUT2D eigenvalue weighted by Gasteiger charge is 2.24. The predicted molar refractivity (Wildman–Crippen MR) is 111 cm³/mol. The molecule has 1 heterocycles. The molecule has 0 aliphatic carbocycles. The van der Waals surface area contributed by atoms with E-state index in [1.807, 2.05) is 24.3 Å². The van der Waals surface area contributed by atoms with Crippen molar-refractivity contribution in [1.82, 2.24) is 5.32 Å². The largest absolute Gasteiger partial charge is 0.371 e. The zero-order valence-corrected chi connectivity index (χ0v) is 16.7. The Morgan fingerprint density at radius 3 is 2.42 bits per heavy atom. The molecule has 0 saturated carbocycles. The topological polar surface area (TPSA) is 32.3 Å². The van der Waals surface area contributed by atoms with Crippen LogP contribution in [0.4, 0.5) is 5.69 Å². The Morgan fingerprint density at radius 2 is 1.77 bits per heavy atom. The minimum absolute atomic E-state index is 0.136. The fourth-order valence-corrected chi connectivity index (χ4v) is 4.07. The maximum atomic E-state index is 12.4. The molecule has 138 valence electrons. The lowest BCUT2D eigenvalue weighted by Gasteiger charge is -2.33. The molecule has 26 heavy (non-hydrogen) atoms. The molecule has 0 aromatic heterocycles. The molecule has 3 rings (SSSR count). The fourth-order valence-electron chi connectivity index (χ4n) is 3.17. The van der Waals surface area contributed by atoms with E-state index in [0.717, 1.165) is 36.7 Å². The van der Waals surface area contributed by atoms with Crippen LogP contribution in [0.15, 0.2) is 53.4 Å². The first-order chi connectivity index (χ1) is 12.6. The number of nitrogens with one attached hydrogen (secondary N) is 1. The molecule has 1 aliphatic heterocycles. The summed E-state index contributed by atoms with van der Waals surface area (Å²) >= 11 is 7.62. The molecule has 0 unspecified atom stereocenters. The van der Waals surface area contributed by atoms with Crippen LogP contribution >= 0.6 is 23.4 Å². The number of nitrogens with zero attached hydrogens (tertiary/aromatic N) is 1. The van der Waals surface area contributed by atoms with Gasteiger partial charge in [-0.3, -0.25) is 4.79 Å². The van der Waals surface area contributed by atoms with Gasteiger partial charge in [0.1, 0.15) is 0 Å². The molecule has 1 N–H and O–H groups in total. The second kappa shape index (κ2) is 9.33. The molecule has 0 bridgehead atoms. The van der Waals surface area contributed by atoms with Crippen LogP contribution in [0.2, 0.25) is 5.02 Å². The standard InChI is InChI=1S/C21H25ClN2OS/c1-16-2-6-19(7-3-16)24-13-10-17(11-14-24)21(25)23-12-15-26-20-8-4-18(22)5-9-20/h2-9,17H,10-15H2,1H3,(H,23,25). The summed E-state index contributed by atoms with van der Waals surface area (Å²) in [6, 6.07) is 16.4. The molecule has 1 amide bonds. The van der Waals surface area contributed by atoms with Crippen LogP contribution in [-0.2, 0) is 4.79 Å². The number of carbonyl (C=O) groups excluding carboxylic acids is 1. The van der Waals surface area contributed by atoms with Gasteiger partial charge in [-0.15, -0.1) is 11.8 Å². The maximum absolute atomic E-state index is 12.4. The summed E-state index contributed by atoms with van der Waals surface area (Å²) in [4.78, 5) is 15.9. The third kappa shape index (κ3) is 5.42. The van der Waals surface area contributed by atoms with Crippen molar-refractivity contribution < 1.29 is 4.79 Å². The van der Waals surface area contributed by atoms with E-state index in [1.54, 1.807) is 11.8 Å². The zero-order chi connectivity index (χ0) is 18.4. The minimum atomic E-state index is 0.136. The molecule has 2 aromatic rings. The van der Waals surface area contributed by atoms with E-state index < -0.39 is 0 Å². The average molecular weight is 389 g/mol. The van der Waals surface area contributed by atoms with Gasteiger partial charge < -0.3 is 10.2 Å². The Kier molecular flexibility index (Phi) is 6.86. The van der Waals surface area contributed by atoms with Crippen LogP contribution in [-0.4, -0.2) is 31.3 Å². The molecule has 2 aromatic carbocycles. The van der Waals surface area contributed by atoms with Gasteiger partial charge in [0.05, 0.1) is 0 Å². The Hall–Kier alpha value is -1.65. The number of halogens is 1. The second-order valence-electron chi connectivity index (χ2n) is 6.69. The third-order valence-electron chi connectivity index (χ3n) is 4.75. The third-order valence-corrected chi connectivity index (χ3v) is 6.01. The van der Waals surface area contributed by atoms with Gasteiger partial charge in [-0.2, -0.15) is 0 Å². The number of amides is 1. The number of benzene rings is 2. The van der Waals surface area contributed by atoms with Crippen LogP contribution in [0, 0.1) is 12.8 Å². The fraction of sp³-hybridized carbons (Fsp3) is 0.381. The number of piperidine rings is 1. The molecule has 0 spiro atoms. The lowest BCUT2D eigenvalue weighted by Crippen LogP contribution is -2.41. The Morgan fingerprint density at radius 1 is 1.12 bits per heavy atom. The van der Waals surface area contributed by atoms with Crippen molar-refractivity contribution >= 4 is 35.0 Å². The van der Waals surface area contributed by atoms with Crippen LogP contribution < -0.4 is 10.2 Å². The molecular weight excluding hydrogens is 364 g/mol. The van der Waals surface area contributed by atoms with Crippen molar-refractivity contribution in [2.24, 2.45) is 5.92 Å².